The highest BCUT2D eigenvalue weighted by Gasteiger charge is 2.07. The minimum absolute atomic E-state index is 0.305. The lowest BCUT2D eigenvalue weighted by Gasteiger charge is -2.12. The van der Waals surface area contributed by atoms with E-state index < -0.39 is 0 Å². The molecule has 0 saturated heterocycles. The monoisotopic (exact) mass is 297 g/mol. The standard InChI is InChI=1S/C14H13Cl2NO2/c1-18-14-7-11(17)3-5-13(14)19-8-9-6-10(15)2-4-12(9)16/h2-7H,8,17H2,1H3. The molecule has 0 unspecified atom stereocenters. The summed E-state index contributed by atoms with van der Waals surface area (Å²) in [4.78, 5) is 0. The van der Waals surface area contributed by atoms with Gasteiger partial charge in [-0.2, -0.15) is 0 Å². The largest absolute Gasteiger partial charge is 0.493 e. The summed E-state index contributed by atoms with van der Waals surface area (Å²) < 4.78 is 10.9. The quantitative estimate of drug-likeness (QED) is 0.862. The molecule has 2 aromatic carbocycles. The molecular weight excluding hydrogens is 285 g/mol. The predicted octanol–water partition coefficient (Wildman–Crippen LogP) is 4.16. The summed E-state index contributed by atoms with van der Waals surface area (Å²) in [5.74, 6) is 1.19. The molecule has 2 N–H and O–H groups in total. The van der Waals surface area contributed by atoms with E-state index in [1.807, 2.05) is 0 Å². The molecule has 0 bridgehead atoms. The maximum atomic E-state index is 6.07. The molecule has 0 atom stereocenters. The molecule has 0 fully saturated rings. The summed E-state index contributed by atoms with van der Waals surface area (Å²) in [5.41, 5.74) is 7.11. The third kappa shape index (κ3) is 3.46. The van der Waals surface area contributed by atoms with Crippen LogP contribution in [0.25, 0.3) is 0 Å². The van der Waals surface area contributed by atoms with Crippen LogP contribution < -0.4 is 15.2 Å². The predicted molar refractivity (Wildman–Crippen MR) is 78.2 cm³/mol. The SMILES string of the molecule is COc1cc(N)ccc1OCc1cc(Cl)ccc1Cl. The van der Waals surface area contributed by atoms with E-state index in [9.17, 15) is 0 Å². The van der Waals surface area contributed by atoms with Crippen LogP contribution in [0.3, 0.4) is 0 Å². The Kier molecular flexibility index (Phi) is 4.40. The average molecular weight is 298 g/mol. The normalized spacial score (nSPS) is 10.3. The number of hydrogen-bond acceptors (Lipinski definition) is 3. The number of anilines is 1. The third-order valence-corrected chi connectivity index (χ3v) is 3.18. The summed E-state index contributed by atoms with van der Waals surface area (Å²) in [6.45, 7) is 0.305. The van der Waals surface area contributed by atoms with Crippen molar-refractivity contribution in [2.24, 2.45) is 0 Å². The average Bonchev–Trinajstić information content (AvgIpc) is 2.40. The van der Waals surface area contributed by atoms with Gasteiger partial charge in [0.2, 0.25) is 0 Å². The molecule has 0 saturated carbocycles. The van der Waals surface area contributed by atoms with Gasteiger partial charge in [0.25, 0.3) is 0 Å². The molecule has 0 aliphatic rings. The zero-order chi connectivity index (χ0) is 13.8. The second-order valence-electron chi connectivity index (χ2n) is 3.93. The molecule has 0 aliphatic heterocycles. The van der Waals surface area contributed by atoms with E-state index in [-0.39, 0.29) is 0 Å². The molecule has 0 aliphatic carbocycles. The molecule has 100 valence electrons. The van der Waals surface area contributed by atoms with Crippen molar-refractivity contribution in [1.29, 1.82) is 0 Å². The Morgan fingerprint density at radius 3 is 2.58 bits per heavy atom. The van der Waals surface area contributed by atoms with Gasteiger partial charge in [-0.15, -0.1) is 0 Å². The van der Waals surface area contributed by atoms with Crippen molar-refractivity contribution in [3.8, 4) is 11.5 Å². The van der Waals surface area contributed by atoms with Crippen LogP contribution in [0.2, 0.25) is 10.0 Å². The maximum absolute atomic E-state index is 6.07. The van der Waals surface area contributed by atoms with Crippen LogP contribution in [0, 0.1) is 0 Å². The lowest BCUT2D eigenvalue weighted by atomic mass is 10.2. The van der Waals surface area contributed by atoms with Crippen LogP contribution in [-0.2, 0) is 6.61 Å². The van der Waals surface area contributed by atoms with E-state index in [1.165, 1.54) is 0 Å². The van der Waals surface area contributed by atoms with Crippen molar-refractivity contribution >= 4 is 28.9 Å². The Labute approximate surface area is 121 Å². The van der Waals surface area contributed by atoms with Crippen molar-refractivity contribution in [3.05, 3.63) is 52.0 Å². The van der Waals surface area contributed by atoms with Gasteiger partial charge in [-0.05, 0) is 30.3 Å². The van der Waals surface area contributed by atoms with Gasteiger partial charge in [0, 0.05) is 27.4 Å². The van der Waals surface area contributed by atoms with Gasteiger partial charge in [0.05, 0.1) is 7.11 Å². The highest BCUT2D eigenvalue weighted by Crippen LogP contribution is 2.30. The lowest BCUT2D eigenvalue weighted by Crippen LogP contribution is -1.99. The number of hydrogen-bond donors (Lipinski definition) is 1. The molecule has 2 rings (SSSR count). The van der Waals surface area contributed by atoms with Gasteiger partial charge in [0.15, 0.2) is 11.5 Å². The van der Waals surface area contributed by atoms with Crippen LogP contribution in [0.1, 0.15) is 5.56 Å². The van der Waals surface area contributed by atoms with E-state index in [0.29, 0.717) is 33.8 Å². The molecule has 0 aromatic heterocycles. The smallest absolute Gasteiger partial charge is 0.162 e. The highest BCUT2D eigenvalue weighted by molar-refractivity contribution is 6.33. The Balaban J connectivity index is 2.16. The number of methoxy groups -OCH3 is 1. The fraction of sp³-hybridized carbons (Fsp3) is 0.143. The van der Waals surface area contributed by atoms with Gasteiger partial charge in [-0.1, -0.05) is 23.2 Å². The van der Waals surface area contributed by atoms with E-state index in [0.717, 1.165) is 5.56 Å². The van der Waals surface area contributed by atoms with Crippen molar-refractivity contribution in [2.45, 2.75) is 6.61 Å². The molecule has 0 spiro atoms. The molecule has 5 heteroatoms. The van der Waals surface area contributed by atoms with E-state index in [2.05, 4.69) is 0 Å². The van der Waals surface area contributed by atoms with E-state index in [4.69, 9.17) is 38.4 Å². The molecule has 0 heterocycles. The number of ether oxygens (including phenoxy) is 2. The molecule has 3 nitrogen and oxygen atoms in total. The molecule has 0 radical (unpaired) electrons. The molecule has 2 aromatic rings. The second kappa shape index (κ2) is 6.04. The first-order valence-electron chi connectivity index (χ1n) is 5.60. The first kappa shape index (κ1) is 13.8. The van der Waals surface area contributed by atoms with Gasteiger partial charge < -0.3 is 15.2 Å². The Morgan fingerprint density at radius 2 is 1.84 bits per heavy atom. The van der Waals surface area contributed by atoms with Crippen molar-refractivity contribution in [1.82, 2.24) is 0 Å². The van der Waals surface area contributed by atoms with Crippen LogP contribution in [0.4, 0.5) is 5.69 Å². The minimum Gasteiger partial charge on any atom is -0.493 e. The topological polar surface area (TPSA) is 44.5 Å². The number of nitrogen functional groups attached to an aromatic ring is 1. The van der Waals surface area contributed by atoms with Gasteiger partial charge in [-0.3, -0.25) is 0 Å². The fourth-order valence-corrected chi connectivity index (χ4v) is 1.98. The number of rotatable bonds is 4. The zero-order valence-corrected chi connectivity index (χ0v) is 11.8. The van der Waals surface area contributed by atoms with Crippen LogP contribution in [0.5, 0.6) is 11.5 Å². The molecule has 0 amide bonds. The van der Waals surface area contributed by atoms with Crippen molar-refractivity contribution in [2.75, 3.05) is 12.8 Å². The Morgan fingerprint density at radius 1 is 1.05 bits per heavy atom. The minimum atomic E-state index is 0.305. The summed E-state index contributed by atoms with van der Waals surface area (Å²) in [6, 6.07) is 10.5. The Bertz CT molecular complexity index is 588. The summed E-state index contributed by atoms with van der Waals surface area (Å²) in [6.07, 6.45) is 0. The molecule has 19 heavy (non-hydrogen) atoms. The van der Waals surface area contributed by atoms with Gasteiger partial charge >= 0.3 is 0 Å². The van der Waals surface area contributed by atoms with Crippen LogP contribution in [0.15, 0.2) is 36.4 Å². The zero-order valence-electron chi connectivity index (χ0n) is 10.3. The van der Waals surface area contributed by atoms with Crippen molar-refractivity contribution < 1.29 is 9.47 Å². The summed E-state index contributed by atoms with van der Waals surface area (Å²) in [7, 11) is 1.56. The van der Waals surface area contributed by atoms with Crippen LogP contribution >= 0.6 is 23.2 Å². The first-order valence-corrected chi connectivity index (χ1v) is 6.36. The highest BCUT2D eigenvalue weighted by atomic mass is 35.5. The fourth-order valence-electron chi connectivity index (χ4n) is 1.61. The third-order valence-electron chi connectivity index (χ3n) is 2.58. The lowest BCUT2D eigenvalue weighted by molar-refractivity contribution is 0.284. The summed E-state index contributed by atoms with van der Waals surface area (Å²) in [5, 5.41) is 1.23. The molecular formula is C14H13Cl2NO2. The van der Waals surface area contributed by atoms with E-state index >= 15 is 0 Å². The van der Waals surface area contributed by atoms with E-state index in [1.54, 1.807) is 43.5 Å². The number of halogens is 2. The van der Waals surface area contributed by atoms with Crippen molar-refractivity contribution in [3.63, 3.8) is 0 Å². The summed E-state index contributed by atoms with van der Waals surface area (Å²) >= 11 is 12.0. The van der Waals surface area contributed by atoms with Crippen LogP contribution in [-0.4, -0.2) is 7.11 Å². The number of benzene rings is 2. The van der Waals surface area contributed by atoms with Gasteiger partial charge in [0.1, 0.15) is 6.61 Å². The number of nitrogens with two attached hydrogens (primary N) is 1. The maximum Gasteiger partial charge on any atom is 0.162 e. The Hall–Kier alpha value is -1.58. The first-order chi connectivity index (χ1) is 9.10. The van der Waals surface area contributed by atoms with Gasteiger partial charge in [-0.25, -0.2) is 0 Å². The second-order valence-corrected chi connectivity index (χ2v) is 4.78.